The fraction of sp³-hybridized carbons (Fsp3) is 0.950. The van der Waals surface area contributed by atoms with Crippen LogP contribution in [0.5, 0.6) is 0 Å². The highest BCUT2D eigenvalue weighted by atomic mass is 16.5. The van der Waals surface area contributed by atoms with Gasteiger partial charge in [0.2, 0.25) is 0 Å². The molecule has 0 spiro atoms. The second-order valence-corrected chi connectivity index (χ2v) is 8.60. The third-order valence-electron chi connectivity index (χ3n) is 5.35. The molecule has 0 bridgehead atoms. The lowest BCUT2D eigenvalue weighted by molar-refractivity contribution is -0.0835. The van der Waals surface area contributed by atoms with Crippen LogP contribution < -0.4 is 10.6 Å². The van der Waals surface area contributed by atoms with E-state index in [9.17, 15) is 0 Å². The van der Waals surface area contributed by atoms with Crippen molar-refractivity contribution in [3.8, 4) is 0 Å². The minimum absolute atomic E-state index is 0.184. The molecule has 2 saturated heterocycles. The Hall–Kier alpha value is -0.850. The first kappa shape index (κ1) is 21.5. The molecule has 2 aliphatic rings. The second-order valence-electron chi connectivity index (χ2n) is 8.60. The molecule has 6 nitrogen and oxygen atoms in total. The molecule has 2 heterocycles. The number of morpholine rings is 1. The van der Waals surface area contributed by atoms with Gasteiger partial charge < -0.3 is 20.1 Å². The van der Waals surface area contributed by atoms with E-state index in [-0.39, 0.29) is 5.41 Å². The molecule has 2 atom stereocenters. The van der Waals surface area contributed by atoms with Crippen molar-refractivity contribution in [1.82, 2.24) is 15.5 Å². The molecule has 152 valence electrons. The molecule has 0 aromatic heterocycles. The van der Waals surface area contributed by atoms with Gasteiger partial charge in [0.25, 0.3) is 0 Å². The monoisotopic (exact) mass is 368 g/mol. The Bertz CT molecular complexity index is 417. The topological polar surface area (TPSA) is 58.1 Å². The Morgan fingerprint density at radius 2 is 1.88 bits per heavy atom. The van der Waals surface area contributed by atoms with Gasteiger partial charge in [-0.05, 0) is 37.6 Å². The highest BCUT2D eigenvalue weighted by Gasteiger charge is 2.35. The van der Waals surface area contributed by atoms with Gasteiger partial charge >= 0.3 is 0 Å². The maximum absolute atomic E-state index is 6.08. The smallest absolute Gasteiger partial charge is 0.190 e. The number of nitrogens with zero attached hydrogens (tertiary/aromatic N) is 2. The average molecular weight is 369 g/mol. The van der Waals surface area contributed by atoms with E-state index in [1.807, 2.05) is 7.05 Å². The Labute approximate surface area is 160 Å². The molecule has 0 saturated carbocycles. The number of guanidine groups is 1. The minimum atomic E-state index is 0.184. The van der Waals surface area contributed by atoms with E-state index in [0.29, 0.717) is 12.0 Å². The summed E-state index contributed by atoms with van der Waals surface area (Å²) in [4.78, 5) is 6.87. The quantitative estimate of drug-likeness (QED) is 0.409. The van der Waals surface area contributed by atoms with Crippen LogP contribution in [-0.4, -0.2) is 76.6 Å². The maximum atomic E-state index is 6.08. The Balaban J connectivity index is 1.62. The molecule has 26 heavy (non-hydrogen) atoms. The molecule has 2 rings (SSSR count). The lowest BCUT2D eigenvalue weighted by Crippen LogP contribution is -2.47. The normalized spacial score (nSPS) is 25.9. The van der Waals surface area contributed by atoms with Gasteiger partial charge in [-0.15, -0.1) is 0 Å². The zero-order valence-electron chi connectivity index (χ0n) is 17.4. The van der Waals surface area contributed by atoms with Crippen LogP contribution in [0.25, 0.3) is 0 Å². The van der Waals surface area contributed by atoms with Crippen molar-refractivity contribution in [2.24, 2.45) is 16.3 Å². The lowest BCUT2D eigenvalue weighted by Gasteiger charge is -2.40. The Morgan fingerprint density at radius 1 is 1.12 bits per heavy atom. The lowest BCUT2D eigenvalue weighted by atomic mass is 9.78. The van der Waals surface area contributed by atoms with Crippen LogP contribution in [0.3, 0.4) is 0 Å². The van der Waals surface area contributed by atoms with E-state index in [2.05, 4.69) is 41.3 Å². The Kier molecular flexibility index (Phi) is 9.16. The SMILES string of the molecule is CN=C(NCCCCN1CCOCC1)NCC1CCCOC1C(C)(C)C. The minimum Gasteiger partial charge on any atom is -0.379 e. The molecule has 2 aliphatic heterocycles. The molecule has 2 fully saturated rings. The van der Waals surface area contributed by atoms with Crippen LogP contribution in [0, 0.1) is 11.3 Å². The highest BCUT2D eigenvalue weighted by molar-refractivity contribution is 5.79. The molecule has 0 amide bonds. The third-order valence-corrected chi connectivity index (χ3v) is 5.35. The summed E-state index contributed by atoms with van der Waals surface area (Å²) in [5.41, 5.74) is 0.184. The molecule has 2 N–H and O–H groups in total. The van der Waals surface area contributed by atoms with Crippen LogP contribution in [0.4, 0.5) is 0 Å². The van der Waals surface area contributed by atoms with Gasteiger partial charge in [-0.1, -0.05) is 20.8 Å². The van der Waals surface area contributed by atoms with E-state index < -0.39 is 0 Å². The molecule has 2 unspecified atom stereocenters. The summed E-state index contributed by atoms with van der Waals surface area (Å²) in [5.74, 6) is 1.46. The number of rotatable bonds is 7. The van der Waals surface area contributed by atoms with Crippen LogP contribution >= 0.6 is 0 Å². The average Bonchev–Trinajstić information content (AvgIpc) is 2.64. The first-order chi connectivity index (χ1) is 12.5. The zero-order chi connectivity index (χ0) is 18.8. The van der Waals surface area contributed by atoms with E-state index >= 15 is 0 Å². The predicted octanol–water partition coefficient (Wildman–Crippen LogP) is 2.11. The van der Waals surface area contributed by atoms with E-state index in [1.165, 1.54) is 19.4 Å². The van der Waals surface area contributed by atoms with Gasteiger partial charge in [-0.2, -0.15) is 0 Å². The van der Waals surface area contributed by atoms with Crippen LogP contribution in [0.1, 0.15) is 46.5 Å². The largest absolute Gasteiger partial charge is 0.379 e. The zero-order valence-corrected chi connectivity index (χ0v) is 17.4. The van der Waals surface area contributed by atoms with Crippen molar-refractivity contribution in [2.45, 2.75) is 52.6 Å². The third kappa shape index (κ3) is 7.41. The van der Waals surface area contributed by atoms with Gasteiger partial charge in [0.05, 0.1) is 19.3 Å². The van der Waals surface area contributed by atoms with Crippen LogP contribution in [0.15, 0.2) is 4.99 Å². The Morgan fingerprint density at radius 3 is 2.58 bits per heavy atom. The summed E-state index contributed by atoms with van der Waals surface area (Å²) < 4.78 is 11.5. The molecular formula is C20H40N4O2. The van der Waals surface area contributed by atoms with Crippen molar-refractivity contribution in [3.05, 3.63) is 0 Å². The molecule has 0 aromatic rings. The van der Waals surface area contributed by atoms with Gasteiger partial charge in [-0.3, -0.25) is 9.89 Å². The molecule has 0 aliphatic carbocycles. The highest BCUT2D eigenvalue weighted by Crippen LogP contribution is 2.33. The number of nitrogens with one attached hydrogen (secondary N) is 2. The predicted molar refractivity (Wildman–Crippen MR) is 108 cm³/mol. The molecular weight excluding hydrogens is 328 g/mol. The standard InChI is InChI=1S/C20H40N4O2/c1-20(2,3)18-17(8-7-13-26-18)16-23-19(21-4)22-9-5-6-10-24-11-14-25-15-12-24/h17-18H,5-16H2,1-4H3,(H2,21,22,23). The summed E-state index contributed by atoms with van der Waals surface area (Å²) in [7, 11) is 1.85. The first-order valence-electron chi connectivity index (χ1n) is 10.4. The van der Waals surface area contributed by atoms with Crippen molar-refractivity contribution < 1.29 is 9.47 Å². The molecule has 6 heteroatoms. The fourth-order valence-corrected chi connectivity index (χ4v) is 3.95. The van der Waals surface area contributed by atoms with Gasteiger partial charge in [0.15, 0.2) is 5.96 Å². The molecule has 0 radical (unpaired) electrons. The fourth-order valence-electron chi connectivity index (χ4n) is 3.95. The van der Waals surface area contributed by atoms with Crippen molar-refractivity contribution >= 4 is 5.96 Å². The van der Waals surface area contributed by atoms with Gasteiger partial charge in [0, 0.05) is 45.8 Å². The summed E-state index contributed by atoms with van der Waals surface area (Å²) in [5, 5.41) is 6.97. The van der Waals surface area contributed by atoms with E-state index in [4.69, 9.17) is 9.47 Å². The summed E-state index contributed by atoms with van der Waals surface area (Å²) in [6.07, 6.45) is 5.08. The summed E-state index contributed by atoms with van der Waals surface area (Å²) in [6, 6.07) is 0. The number of hydrogen-bond donors (Lipinski definition) is 2. The van der Waals surface area contributed by atoms with E-state index in [0.717, 1.165) is 64.8 Å². The summed E-state index contributed by atoms with van der Waals surface area (Å²) >= 11 is 0. The maximum Gasteiger partial charge on any atom is 0.190 e. The van der Waals surface area contributed by atoms with Crippen molar-refractivity contribution in [3.63, 3.8) is 0 Å². The number of aliphatic imine (C=N–C) groups is 1. The summed E-state index contributed by atoms with van der Waals surface area (Å²) in [6.45, 7) is 14.7. The van der Waals surface area contributed by atoms with Crippen molar-refractivity contribution in [2.75, 3.05) is 59.6 Å². The number of ether oxygens (including phenoxy) is 2. The second kappa shape index (κ2) is 11.1. The van der Waals surface area contributed by atoms with Crippen molar-refractivity contribution in [1.29, 1.82) is 0 Å². The van der Waals surface area contributed by atoms with Gasteiger partial charge in [0.1, 0.15) is 0 Å². The molecule has 0 aromatic carbocycles. The number of hydrogen-bond acceptors (Lipinski definition) is 4. The van der Waals surface area contributed by atoms with Gasteiger partial charge in [-0.25, -0.2) is 0 Å². The van der Waals surface area contributed by atoms with Crippen LogP contribution in [0.2, 0.25) is 0 Å². The van der Waals surface area contributed by atoms with E-state index in [1.54, 1.807) is 0 Å². The first-order valence-corrected chi connectivity index (χ1v) is 10.4. The number of unbranched alkanes of at least 4 members (excludes halogenated alkanes) is 1. The van der Waals surface area contributed by atoms with Crippen LogP contribution in [-0.2, 0) is 9.47 Å².